The van der Waals surface area contributed by atoms with Crippen molar-refractivity contribution in [1.82, 2.24) is 0 Å². The number of ether oxygens (including phenoxy) is 1. The zero-order chi connectivity index (χ0) is 18.8. The number of hydrogen-bond donors (Lipinski definition) is 1. The molecule has 2 aromatic heterocycles. The Hall–Kier alpha value is -2.93. The Morgan fingerprint density at radius 2 is 1.96 bits per heavy atom. The molecule has 0 bridgehead atoms. The van der Waals surface area contributed by atoms with E-state index in [2.05, 4.69) is 5.32 Å². The number of carbonyl (C=O) groups excluding carboxylic acids is 2. The molecule has 0 fully saturated rings. The lowest BCUT2D eigenvalue weighted by Crippen LogP contribution is -2.16. The van der Waals surface area contributed by atoms with Crippen LogP contribution in [0.4, 0.5) is 5.00 Å². The first-order valence-corrected chi connectivity index (χ1v) is 8.85. The highest BCUT2D eigenvalue weighted by Gasteiger charge is 2.23. The number of anilines is 1. The molecule has 1 N–H and O–H groups in total. The Bertz CT molecular complexity index is 1060. The smallest absolute Gasteiger partial charge is 0.341 e. The standard InChI is InChI=1S/C19H17NO5S/c1-4-24-19(23)16-10(2)11(3)26-18(16)20-17(22)15-9-13(21)12-7-5-6-8-14(12)25-15/h5-9H,4H2,1-3H3,(H,20,22). The van der Waals surface area contributed by atoms with E-state index in [1.165, 1.54) is 11.3 Å². The molecule has 0 spiro atoms. The second-order valence-electron chi connectivity index (χ2n) is 5.63. The van der Waals surface area contributed by atoms with Gasteiger partial charge in [-0.15, -0.1) is 11.3 Å². The van der Waals surface area contributed by atoms with Gasteiger partial charge in [0.25, 0.3) is 5.91 Å². The highest BCUT2D eigenvalue weighted by molar-refractivity contribution is 7.16. The van der Waals surface area contributed by atoms with Crippen LogP contribution in [0.2, 0.25) is 0 Å². The number of hydrogen-bond acceptors (Lipinski definition) is 6. The fourth-order valence-corrected chi connectivity index (χ4v) is 3.59. The van der Waals surface area contributed by atoms with Gasteiger partial charge in [0.1, 0.15) is 10.6 Å². The van der Waals surface area contributed by atoms with Crippen LogP contribution >= 0.6 is 11.3 Å². The normalized spacial score (nSPS) is 10.7. The second-order valence-corrected chi connectivity index (χ2v) is 6.86. The molecule has 6 nitrogen and oxygen atoms in total. The summed E-state index contributed by atoms with van der Waals surface area (Å²) in [6.07, 6.45) is 0. The highest BCUT2D eigenvalue weighted by atomic mass is 32.1. The molecule has 0 saturated carbocycles. The number of thiophene rings is 1. The van der Waals surface area contributed by atoms with E-state index in [0.717, 1.165) is 16.5 Å². The maximum Gasteiger partial charge on any atom is 0.341 e. The van der Waals surface area contributed by atoms with Crippen LogP contribution in [0.5, 0.6) is 0 Å². The lowest BCUT2D eigenvalue weighted by atomic mass is 10.1. The van der Waals surface area contributed by atoms with Crippen LogP contribution in [0.3, 0.4) is 0 Å². The predicted molar refractivity (Wildman–Crippen MR) is 100 cm³/mol. The SMILES string of the molecule is CCOC(=O)c1c(NC(=O)c2cc(=O)c3ccccc3o2)sc(C)c1C. The van der Waals surface area contributed by atoms with E-state index >= 15 is 0 Å². The van der Waals surface area contributed by atoms with E-state index in [1.54, 1.807) is 38.1 Å². The lowest BCUT2D eigenvalue weighted by molar-refractivity contribution is 0.0527. The molecule has 134 valence electrons. The fraction of sp³-hybridized carbons (Fsp3) is 0.211. The van der Waals surface area contributed by atoms with Gasteiger partial charge in [0.2, 0.25) is 0 Å². The molecule has 7 heteroatoms. The molecular formula is C19H17NO5S. The van der Waals surface area contributed by atoms with Crippen LogP contribution in [0.15, 0.2) is 39.5 Å². The van der Waals surface area contributed by atoms with Gasteiger partial charge in [0.15, 0.2) is 11.2 Å². The monoisotopic (exact) mass is 371 g/mol. The highest BCUT2D eigenvalue weighted by Crippen LogP contribution is 2.33. The predicted octanol–water partition coefficient (Wildman–Crippen LogP) is 3.90. The number of aryl methyl sites for hydroxylation is 1. The van der Waals surface area contributed by atoms with Crippen molar-refractivity contribution in [2.45, 2.75) is 20.8 Å². The van der Waals surface area contributed by atoms with E-state index in [0.29, 0.717) is 21.5 Å². The molecule has 1 aromatic carbocycles. The minimum absolute atomic E-state index is 0.118. The summed E-state index contributed by atoms with van der Waals surface area (Å²) in [7, 11) is 0. The number of nitrogens with one attached hydrogen (secondary N) is 1. The number of carbonyl (C=O) groups is 2. The van der Waals surface area contributed by atoms with Crippen molar-refractivity contribution in [2.75, 3.05) is 11.9 Å². The van der Waals surface area contributed by atoms with E-state index < -0.39 is 11.9 Å². The molecule has 0 saturated heterocycles. The Morgan fingerprint density at radius 3 is 2.69 bits per heavy atom. The first kappa shape index (κ1) is 17.9. The first-order valence-electron chi connectivity index (χ1n) is 8.03. The quantitative estimate of drug-likeness (QED) is 0.703. The van der Waals surface area contributed by atoms with Crippen molar-refractivity contribution in [3.63, 3.8) is 0 Å². The van der Waals surface area contributed by atoms with Crippen molar-refractivity contribution in [3.8, 4) is 0 Å². The summed E-state index contributed by atoms with van der Waals surface area (Å²) in [6.45, 7) is 5.60. The second kappa shape index (κ2) is 7.13. The molecule has 26 heavy (non-hydrogen) atoms. The molecule has 0 aliphatic rings. The largest absolute Gasteiger partial charge is 0.462 e. The lowest BCUT2D eigenvalue weighted by Gasteiger charge is -2.07. The molecule has 0 radical (unpaired) electrons. The molecule has 2 heterocycles. The van der Waals surface area contributed by atoms with Gasteiger partial charge >= 0.3 is 5.97 Å². The number of fused-ring (bicyclic) bond motifs is 1. The van der Waals surface area contributed by atoms with Gasteiger partial charge in [-0.1, -0.05) is 12.1 Å². The zero-order valence-electron chi connectivity index (χ0n) is 14.5. The number of amides is 1. The van der Waals surface area contributed by atoms with Crippen LogP contribution in [0, 0.1) is 13.8 Å². The summed E-state index contributed by atoms with van der Waals surface area (Å²) >= 11 is 1.27. The van der Waals surface area contributed by atoms with Gasteiger partial charge in [-0.2, -0.15) is 0 Å². The third-order valence-corrected chi connectivity index (χ3v) is 5.07. The topological polar surface area (TPSA) is 85.6 Å². The van der Waals surface area contributed by atoms with Crippen molar-refractivity contribution < 1.29 is 18.7 Å². The molecule has 3 aromatic rings. The summed E-state index contributed by atoms with van der Waals surface area (Å²) in [4.78, 5) is 37.8. The summed E-state index contributed by atoms with van der Waals surface area (Å²) < 4.78 is 10.6. The molecule has 0 atom stereocenters. The summed E-state index contributed by atoms with van der Waals surface area (Å²) in [5.74, 6) is -1.21. The van der Waals surface area contributed by atoms with Crippen LogP contribution < -0.4 is 10.7 Å². The molecule has 1 amide bonds. The van der Waals surface area contributed by atoms with Gasteiger partial charge in [0, 0.05) is 10.9 Å². The Morgan fingerprint density at radius 1 is 1.23 bits per heavy atom. The van der Waals surface area contributed by atoms with Crippen LogP contribution in [0.1, 0.15) is 38.3 Å². The van der Waals surface area contributed by atoms with Gasteiger partial charge < -0.3 is 14.5 Å². The number of para-hydroxylation sites is 1. The Balaban J connectivity index is 1.97. The van der Waals surface area contributed by atoms with E-state index in [-0.39, 0.29) is 17.8 Å². The minimum Gasteiger partial charge on any atom is -0.462 e. The van der Waals surface area contributed by atoms with Gasteiger partial charge in [-0.25, -0.2) is 4.79 Å². The molecule has 0 unspecified atom stereocenters. The first-order chi connectivity index (χ1) is 12.4. The molecular weight excluding hydrogens is 354 g/mol. The third kappa shape index (κ3) is 3.25. The van der Waals surface area contributed by atoms with E-state index in [1.807, 2.05) is 6.92 Å². The third-order valence-electron chi connectivity index (χ3n) is 3.95. The number of esters is 1. The van der Waals surface area contributed by atoms with E-state index in [9.17, 15) is 14.4 Å². The van der Waals surface area contributed by atoms with E-state index in [4.69, 9.17) is 9.15 Å². The summed E-state index contributed by atoms with van der Waals surface area (Å²) in [5, 5.41) is 3.44. The number of rotatable bonds is 4. The summed E-state index contributed by atoms with van der Waals surface area (Å²) in [6, 6.07) is 7.85. The van der Waals surface area contributed by atoms with Crippen LogP contribution in [0.25, 0.3) is 11.0 Å². The van der Waals surface area contributed by atoms with Crippen molar-refractivity contribution >= 4 is 39.2 Å². The van der Waals surface area contributed by atoms with Crippen LogP contribution in [-0.2, 0) is 4.74 Å². The Kier molecular flexibility index (Phi) is 4.90. The minimum atomic E-state index is -0.598. The van der Waals surface area contributed by atoms with Gasteiger partial charge in [-0.05, 0) is 38.5 Å². The fourth-order valence-electron chi connectivity index (χ4n) is 2.54. The van der Waals surface area contributed by atoms with Crippen molar-refractivity contribution in [2.24, 2.45) is 0 Å². The van der Waals surface area contributed by atoms with Crippen LogP contribution in [-0.4, -0.2) is 18.5 Å². The van der Waals surface area contributed by atoms with Gasteiger partial charge in [-0.3, -0.25) is 9.59 Å². The molecule has 0 aliphatic heterocycles. The maximum atomic E-state index is 12.6. The molecule has 0 aliphatic carbocycles. The summed E-state index contributed by atoms with van der Waals surface area (Å²) in [5.41, 5.74) is 1.10. The number of benzene rings is 1. The average molecular weight is 371 g/mol. The zero-order valence-corrected chi connectivity index (χ0v) is 15.4. The molecule has 3 rings (SSSR count). The van der Waals surface area contributed by atoms with Crippen molar-refractivity contribution in [1.29, 1.82) is 0 Å². The Labute approximate surface area is 153 Å². The maximum absolute atomic E-state index is 12.6. The van der Waals surface area contributed by atoms with Crippen molar-refractivity contribution in [3.05, 3.63) is 62.3 Å². The average Bonchev–Trinajstić information content (AvgIpc) is 2.89. The van der Waals surface area contributed by atoms with Gasteiger partial charge in [0.05, 0.1) is 17.6 Å².